The van der Waals surface area contributed by atoms with E-state index in [2.05, 4.69) is 15.3 Å². The van der Waals surface area contributed by atoms with Crippen molar-refractivity contribution in [3.05, 3.63) is 76.8 Å². The van der Waals surface area contributed by atoms with Crippen LogP contribution in [0.1, 0.15) is 0 Å². The number of ether oxygens (including phenoxy) is 1. The van der Waals surface area contributed by atoms with Crippen molar-refractivity contribution in [1.29, 1.82) is 0 Å². The number of H-pyrrole nitrogens is 1. The van der Waals surface area contributed by atoms with E-state index in [1.807, 2.05) is 24.3 Å². The summed E-state index contributed by atoms with van der Waals surface area (Å²) >= 11 is 12.2. The molecule has 0 aliphatic heterocycles. The number of halogens is 2. The van der Waals surface area contributed by atoms with Gasteiger partial charge in [-0.25, -0.2) is 4.98 Å². The van der Waals surface area contributed by atoms with Gasteiger partial charge in [0.15, 0.2) is 6.61 Å². The minimum absolute atomic E-state index is 0.175. The molecule has 4 aromatic rings. The van der Waals surface area contributed by atoms with E-state index in [-0.39, 0.29) is 12.5 Å². The molecule has 0 saturated heterocycles. The van der Waals surface area contributed by atoms with Gasteiger partial charge in [-0.1, -0.05) is 47.5 Å². The molecule has 7 heteroatoms. The monoisotopic (exact) mass is 411 g/mol. The van der Waals surface area contributed by atoms with Crippen LogP contribution < -0.4 is 10.1 Å². The van der Waals surface area contributed by atoms with Crippen LogP contribution in [0, 0.1) is 0 Å². The summed E-state index contributed by atoms with van der Waals surface area (Å²) < 4.78 is 5.49. The van der Waals surface area contributed by atoms with Gasteiger partial charge in [-0.3, -0.25) is 4.79 Å². The van der Waals surface area contributed by atoms with Gasteiger partial charge in [-0.15, -0.1) is 0 Å². The number of anilines is 1. The van der Waals surface area contributed by atoms with Crippen LogP contribution in [0.4, 0.5) is 5.69 Å². The molecule has 1 amide bonds. The Kier molecular flexibility index (Phi) is 5.19. The minimum atomic E-state index is -0.320. The first kappa shape index (κ1) is 18.3. The molecule has 0 bridgehead atoms. The average molecular weight is 412 g/mol. The van der Waals surface area contributed by atoms with Gasteiger partial charge in [-0.05, 0) is 42.5 Å². The number of aromatic amines is 1. The van der Waals surface area contributed by atoms with Crippen molar-refractivity contribution in [2.45, 2.75) is 0 Å². The highest BCUT2D eigenvalue weighted by molar-refractivity contribution is 6.32. The fraction of sp³-hybridized carbons (Fsp3) is 0.0476. The number of amides is 1. The summed E-state index contributed by atoms with van der Waals surface area (Å²) in [6.45, 7) is -0.175. The van der Waals surface area contributed by atoms with Crippen molar-refractivity contribution in [1.82, 2.24) is 9.97 Å². The number of hydrogen-bond donors (Lipinski definition) is 2. The Bertz CT molecular complexity index is 1120. The van der Waals surface area contributed by atoms with Crippen LogP contribution >= 0.6 is 23.2 Å². The van der Waals surface area contributed by atoms with Crippen LogP contribution in [0.15, 0.2) is 66.7 Å². The third kappa shape index (κ3) is 3.96. The van der Waals surface area contributed by atoms with Crippen LogP contribution in [-0.4, -0.2) is 22.5 Å². The van der Waals surface area contributed by atoms with Crippen LogP contribution in [-0.2, 0) is 4.79 Å². The third-order valence-corrected chi connectivity index (χ3v) is 4.64. The van der Waals surface area contributed by atoms with E-state index in [1.54, 1.807) is 42.5 Å². The summed E-state index contributed by atoms with van der Waals surface area (Å²) in [4.78, 5) is 20.2. The van der Waals surface area contributed by atoms with Crippen LogP contribution in [0.25, 0.3) is 22.4 Å². The molecular weight excluding hydrogens is 397 g/mol. The second kappa shape index (κ2) is 7.92. The summed E-state index contributed by atoms with van der Waals surface area (Å²) in [7, 11) is 0. The summed E-state index contributed by atoms with van der Waals surface area (Å²) in [5.74, 6) is 0.749. The molecular formula is C21H15Cl2N3O2. The Hall–Kier alpha value is -3.02. The smallest absolute Gasteiger partial charge is 0.262 e. The van der Waals surface area contributed by atoms with E-state index in [0.717, 1.165) is 11.0 Å². The highest BCUT2D eigenvalue weighted by atomic mass is 35.5. The molecule has 140 valence electrons. The summed E-state index contributed by atoms with van der Waals surface area (Å²) in [5, 5.41) is 3.84. The quantitative estimate of drug-likeness (QED) is 0.451. The Morgan fingerprint density at radius 1 is 1.04 bits per heavy atom. The molecule has 1 heterocycles. The molecule has 0 fully saturated rings. The number of para-hydroxylation sites is 3. The molecule has 5 nitrogen and oxygen atoms in total. The lowest BCUT2D eigenvalue weighted by Crippen LogP contribution is -2.20. The SMILES string of the molecule is O=C(COc1ccccc1Cl)Nc1ccc(Cl)cc1-c1nc2ccccc2[nH]1. The Balaban J connectivity index is 1.56. The Labute approximate surface area is 171 Å². The number of rotatable bonds is 5. The van der Waals surface area contributed by atoms with Crippen LogP contribution in [0.5, 0.6) is 5.75 Å². The zero-order valence-electron chi connectivity index (χ0n) is 14.6. The second-order valence-corrected chi connectivity index (χ2v) is 6.90. The van der Waals surface area contributed by atoms with Crippen molar-refractivity contribution < 1.29 is 9.53 Å². The number of nitrogens with zero attached hydrogens (tertiary/aromatic N) is 1. The molecule has 0 radical (unpaired) electrons. The maximum absolute atomic E-state index is 12.4. The highest BCUT2D eigenvalue weighted by Crippen LogP contribution is 2.30. The Morgan fingerprint density at radius 3 is 2.64 bits per heavy atom. The number of carbonyl (C=O) groups is 1. The highest BCUT2D eigenvalue weighted by Gasteiger charge is 2.14. The van der Waals surface area contributed by atoms with Crippen LogP contribution in [0.2, 0.25) is 10.0 Å². The van der Waals surface area contributed by atoms with Crippen molar-refractivity contribution in [2.24, 2.45) is 0 Å². The lowest BCUT2D eigenvalue weighted by molar-refractivity contribution is -0.118. The van der Waals surface area contributed by atoms with Crippen LogP contribution in [0.3, 0.4) is 0 Å². The number of benzene rings is 3. The number of nitrogens with one attached hydrogen (secondary N) is 2. The van der Waals surface area contributed by atoms with Gasteiger partial charge in [0.05, 0.1) is 21.7 Å². The number of fused-ring (bicyclic) bond motifs is 1. The van der Waals surface area contributed by atoms with Crippen molar-refractivity contribution in [3.8, 4) is 17.1 Å². The summed E-state index contributed by atoms with van der Waals surface area (Å²) in [6.07, 6.45) is 0. The van der Waals surface area contributed by atoms with E-state index in [9.17, 15) is 4.79 Å². The number of imidazole rings is 1. The molecule has 0 unspecified atom stereocenters. The van der Waals surface area contributed by atoms with E-state index in [4.69, 9.17) is 27.9 Å². The van der Waals surface area contributed by atoms with Gasteiger partial charge in [0, 0.05) is 10.6 Å². The molecule has 0 atom stereocenters. The number of hydrogen-bond acceptors (Lipinski definition) is 3. The van der Waals surface area contributed by atoms with Gasteiger partial charge < -0.3 is 15.0 Å². The lowest BCUT2D eigenvalue weighted by Gasteiger charge is -2.11. The summed E-state index contributed by atoms with van der Waals surface area (Å²) in [5.41, 5.74) is 3.00. The van der Waals surface area contributed by atoms with Gasteiger partial charge in [0.2, 0.25) is 0 Å². The molecule has 4 rings (SSSR count). The van der Waals surface area contributed by atoms with E-state index < -0.39 is 0 Å². The molecule has 0 aliphatic carbocycles. The van der Waals surface area contributed by atoms with Crippen molar-refractivity contribution in [2.75, 3.05) is 11.9 Å². The first-order chi connectivity index (χ1) is 13.6. The van der Waals surface area contributed by atoms with Crippen molar-refractivity contribution in [3.63, 3.8) is 0 Å². The number of aromatic nitrogens is 2. The first-order valence-corrected chi connectivity index (χ1v) is 9.27. The Morgan fingerprint density at radius 2 is 1.82 bits per heavy atom. The van der Waals surface area contributed by atoms with E-state index in [1.165, 1.54) is 0 Å². The number of carbonyl (C=O) groups excluding carboxylic acids is 1. The maximum atomic E-state index is 12.4. The predicted octanol–water partition coefficient (Wildman–Crippen LogP) is 5.55. The first-order valence-electron chi connectivity index (χ1n) is 8.52. The zero-order valence-corrected chi connectivity index (χ0v) is 16.1. The molecule has 0 spiro atoms. The van der Waals surface area contributed by atoms with Gasteiger partial charge in [0.25, 0.3) is 5.91 Å². The maximum Gasteiger partial charge on any atom is 0.262 e. The molecule has 0 aliphatic rings. The van der Waals surface area contributed by atoms with Gasteiger partial charge in [0.1, 0.15) is 11.6 Å². The fourth-order valence-corrected chi connectivity index (χ4v) is 3.16. The topological polar surface area (TPSA) is 67.0 Å². The normalized spacial score (nSPS) is 10.8. The lowest BCUT2D eigenvalue weighted by atomic mass is 10.1. The standard InChI is InChI=1S/C21H15Cl2N3O2/c22-13-9-10-16(24-20(27)12-28-19-8-4-1-5-15(19)23)14(11-13)21-25-17-6-2-3-7-18(17)26-21/h1-11H,12H2,(H,24,27)(H,25,26). The molecule has 2 N–H and O–H groups in total. The summed E-state index contributed by atoms with van der Waals surface area (Å²) in [6, 6.07) is 19.9. The largest absolute Gasteiger partial charge is 0.482 e. The third-order valence-electron chi connectivity index (χ3n) is 4.10. The fourth-order valence-electron chi connectivity index (χ4n) is 2.79. The molecule has 28 heavy (non-hydrogen) atoms. The predicted molar refractivity (Wildman–Crippen MR) is 112 cm³/mol. The molecule has 0 saturated carbocycles. The average Bonchev–Trinajstić information content (AvgIpc) is 3.13. The van der Waals surface area contributed by atoms with Gasteiger partial charge in [-0.2, -0.15) is 0 Å². The molecule has 3 aromatic carbocycles. The minimum Gasteiger partial charge on any atom is -0.482 e. The van der Waals surface area contributed by atoms with Crippen molar-refractivity contribution >= 4 is 45.8 Å². The molecule has 1 aromatic heterocycles. The van der Waals surface area contributed by atoms with E-state index in [0.29, 0.717) is 32.9 Å². The second-order valence-electron chi connectivity index (χ2n) is 6.06. The van der Waals surface area contributed by atoms with Gasteiger partial charge >= 0.3 is 0 Å². The van der Waals surface area contributed by atoms with E-state index >= 15 is 0 Å². The zero-order chi connectivity index (χ0) is 19.5.